The zero-order valence-corrected chi connectivity index (χ0v) is 19.3. The predicted octanol–water partition coefficient (Wildman–Crippen LogP) is 7.25. The lowest BCUT2D eigenvalue weighted by molar-refractivity contribution is 0.628. The van der Waals surface area contributed by atoms with E-state index in [1.54, 1.807) is 18.3 Å². The summed E-state index contributed by atoms with van der Waals surface area (Å²) in [6.45, 7) is 8.16. The van der Waals surface area contributed by atoms with Gasteiger partial charge in [0.15, 0.2) is 0 Å². The number of halogens is 1. The summed E-state index contributed by atoms with van der Waals surface area (Å²) in [5.41, 5.74) is 4.26. The van der Waals surface area contributed by atoms with E-state index in [1.807, 2.05) is 19.9 Å². The van der Waals surface area contributed by atoms with Crippen LogP contribution >= 0.6 is 0 Å². The number of benzene rings is 1. The molecule has 6 heteroatoms. The molecule has 2 heterocycles. The summed E-state index contributed by atoms with van der Waals surface area (Å²) in [6, 6.07) is 8.24. The van der Waals surface area contributed by atoms with Crippen LogP contribution in [0.15, 0.2) is 60.5 Å². The SMILES string of the molecule is CC.CC(C)c1nc(-c2ccc(F)cc2)c(-c2ccnc(N/C3=C/CCC/C=C\C3)n2)[nH]1. The Bertz CT molecular complexity index is 1060. The molecule has 4 rings (SSSR count). The molecule has 1 aliphatic rings. The van der Waals surface area contributed by atoms with Crippen LogP contribution in [0.5, 0.6) is 0 Å². The third kappa shape index (κ3) is 5.90. The molecule has 2 N–H and O–H groups in total. The first-order chi connectivity index (χ1) is 15.6. The lowest BCUT2D eigenvalue weighted by Crippen LogP contribution is -2.04. The van der Waals surface area contributed by atoms with Gasteiger partial charge in [0.2, 0.25) is 5.95 Å². The Labute approximate surface area is 189 Å². The number of hydrogen-bond donors (Lipinski definition) is 2. The molecule has 0 spiro atoms. The van der Waals surface area contributed by atoms with Gasteiger partial charge in [-0.1, -0.05) is 45.9 Å². The number of allylic oxidation sites excluding steroid dienone is 3. The molecule has 0 unspecified atom stereocenters. The average Bonchev–Trinajstić information content (AvgIpc) is 3.24. The van der Waals surface area contributed by atoms with E-state index in [4.69, 9.17) is 9.97 Å². The molecule has 1 aliphatic carbocycles. The molecule has 0 amide bonds. The summed E-state index contributed by atoms with van der Waals surface area (Å²) in [5.74, 6) is 1.38. The third-order valence-corrected chi connectivity index (χ3v) is 5.04. The van der Waals surface area contributed by atoms with Gasteiger partial charge in [-0.05, 0) is 49.6 Å². The molecular weight excluding hydrogens is 401 g/mol. The topological polar surface area (TPSA) is 66.5 Å². The monoisotopic (exact) mass is 433 g/mol. The maximum absolute atomic E-state index is 13.4. The number of rotatable bonds is 5. The van der Waals surface area contributed by atoms with Crippen LogP contribution in [-0.4, -0.2) is 19.9 Å². The van der Waals surface area contributed by atoms with E-state index < -0.39 is 0 Å². The third-order valence-electron chi connectivity index (χ3n) is 5.04. The minimum absolute atomic E-state index is 0.226. The summed E-state index contributed by atoms with van der Waals surface area (Å²) in [4.78, 5) is 17.3. The Balaban J connectivity index is 0.00000141. The molecule has 0 bridgehead atoms. The molecule has 0 radical (unpaired) electrons. The maximum Gasteiger partial charge on any atom is 0.227 e. The molecule has 0 fully saturated rings. The molecule has 168 valence electrons. The molecule has 1 aromatic carbocycles. The highest BCUT2D eigenvalue weighted by Crippen LogP contribution is 2.31. The average molecular weight is 434 g/mol. The van der Waals surface area contributed by atoms with E-state index in [2.05, 4.69) is 47.4 Å². The van der Waals surface area contributed by atoms with Crippen LogP contribution in [0.2, 0.25) is 0 Å². The van der Waals surface area contributed by atoms with Gasteiger partial charge >= 0.3 is 0 Å². The maximum atomic E-state index is 13.4. The van der Waals surface area contributed by atoms with Crippen LogP contribution in [-0.2, 0) is 0 Å². The zero-order chi connectivity index (χ0) is 22.9. The van der Waals surface area contributed by atoms with Crippen molar-refractivity contribution in [3.63, 3.8) is 0 Å². The minimum Gasteiger partial charge on any atom is -0.340 e. The highest BCUT2D eigenvalue weighted by Gasteiger charge is 2.17. The molecular formula is C26H32FN5. The number of aromatic nitrogens is 4. The van der Waals surface area contributed by atoms with Gasteiger partial charge in [-0.3, -0.25) is 0 Å². The van der Waals surface area contributed by atoms with E-state index in [1.165, 1.54) is 12.1 Å². The predicted molar refractivity (Wildman–Crippen MR) is 130 cm³/mol. The summed E-state index contributed by atoms with van der Waals surface area (Å²) in [7, 11) is 0. The fourth-order valence-corrected chi connectivity index (χ4v) is 3.39. The van der Waals surface area contributed by atoms with Gasteiger partial charge in [-0.15, -0.1) is 0 Å². The van der Waals surface area contributed by atoms with E-state index in [9.17, 15) is 4.39 Å². The van der Waals surface area contributed by atoms with Crippen molar-refractivity contribution >= 4 is 5.95 Å². The summed E-state index contributed by atoms with van der Waals surface area (Å²) in [5, 5.41) is 3.36. The Morgan fingerprint density at radius 2 is 1.78 bits per heavy atom. The van der Waals surface area contributed by atoms with Crippen LogP contribution in [0.25, 0.3) is 22.6 Å². The lowest BCUT2D eigenvalue weighted by Gasteiger charge is -2.11. The van der Waals surface area contributed by atoms with E-state index in [-0.39, 0.29) is 11.7 Å². The van der Waals surface area contributed by atoms with Crippen molar-refractivity contribution in [3.05, 3.63) is 72.1 Å². The summed E-state index contributed by atoms with van der Waals surface area (Å²) >= 11 is 0. The van der Waals surface area contributed by atoms with Crippen LogP contribution in [0.1, 0.15) is 65.1 Å². The summed E-state index contributed by atoms with van der Waals surface area (Å²) < 4.78 is 13.4. The van der Waals surface area contributed by atoms with E-state index in [0.717, 1.165) is 59.8 Å². The first kappa shape index (κ1) is 23.4. The van der Waals surface area contributed by atoms with Crippen LogP contribution in [0.3, 0.4) is 0 Å². The van der Waals surface area contributed by atoms with Crippen molar-refractivity contribution in [2.45, 2.75) is 59.3 Å². The van der Waals surface area contributed by atoms with E-state index >= 15 is 0 Å². The Morgan fingerprint density at radius 1 is 1.00 bits per heavy atom. The molecule has 2 aromatic heterocycles. The smallest absolute Gasteiger partial charge is 0.227 e. The standard InChI is InChI=1S/C24H26FN5.C2H6/c1-16(2)23-29-21(17-10-12-18(25)13-11-17)22(30-23)20-14-15-26-24(28-20)27-19-8-6-4-3-5-7-9-19;1-2/h4,6,9-16H,3,5,7-8H2,1-2H3,(H,29,30)(H,26,27,28);1-2H3/b6-4-,19-9+;. The Hall–Kier alpha value is -3.28. The van der Waals surface area contributed by atoms with Gasteiger partial charge in [0.05, 0.1) is 17.1 Å². The van der Waals surface area contributed by atoms with Crippen molar-refractivity contribution in [1.82, 2.24) is 19.9 Å². The van der Waals surface area contributed by atoms with Gasteiger partial charge in [0.1, 0.15) is 11.6 Å². The van der Waals surface area contributed by atoms with Gasteiger partial charge in [-0.2, -0.15) is 0 Å². The van der Waals surface area contributed by atoms with Gasteiger partial charge in [0.25, 0.3) is 0 Å². The molecule has 0 saturated heterocycles. The molecule has 3 aromatic rings. The van der Waals surface area contributed by atoms with Gasteiger partial charge in [0, 0.05) is 29.8 Å². The van der Waals surface area contributed by atoms with Crippen molar-refractivity contribution in [3.8, 4) is 22.6 Å². The molecule has 0 saturated carbocycles. The molecule has 32 heavy (non-hydrogen) atoms. The Kier molecular flexibility index (Phi) is 8.31. The second-order valence-corrected chi connectivity index (χ2v) is 7.73. The molecule has 0 atom stereocenters. The first-order valence-corrected chi connectivity index (χ1v) is 11.4. The van der Waals surface area contributed by atoms with Crippen molar-refractivity contribution in [2.24, 2.45) is 0 Å². The number of imidazole rings is 1. The number of nitrogens with zero attached hydrogens (tertiary/aromatic N) is 3. The number of anilines is 1. The van der Waals surface area contributed by atoms with Gasteiger partial charge in [-0.25, -0.2) is 19.3 Å². The highest BCUT2D eigenvalue weighted by molar-refractivity contribution is 5.77. The van der Waals surface area contributed by atoms with Crippen LogP contribution < -0.4 is 5.32 Å². The van der Waals surface area contributed by atoms with Crippen molar-refractivity contribution < 1.29 is 4.39 Å². The van der Waals surface area contributed by atoms with Crippen LogP contribution in [0.4, 0.5) is 10.3 Å². The zero-order valence-electron chi connectivity index (χ0n) is 19.3. The number of aromatic amines is 1. The molecule has 5 nitrogen and oxygen atoms in total. The van der Waals surface area contributed by atoms with Crippen LogP contribution in [0, 0.1) is 5.82 Å². The van der Waals surface area contributed by atoms with E-state index in [0.29, 0.717) is 5.95 Å². The Morgan fingerprint density at radius 3 is 2.53 bits per heavy atom. The first-order valence-electron chi connectivity index (χ1n) is 11.4. The second-order valence-electron chi connectivity index (χ2n) is 7.73. The fraction of sp³-hybridized carbons (Fsp3) is 0.346. The second kappa shape index (κ2) is 11.4. The van der Waals surface area contributed by atoms with Gasteiger partial charge < -0.3 is 10.3 Å². The largest absolute Gasteiger partial charge is 0.340 e. The molecule has 0 aliphatic heterocycles. The van der Waals surface area contributed by atoms with Crippen molar-refractivity contribution in [2.75, 3.05) is 5.32 Å². The fourth-order valence-electron chi connectivity index (χ4n) is 3.39. The minimum atomic E-state index is -0.269. The summed E-state index contributed by atoms with van der Waals surface area (Å²) in [6.07, 6.45) is 12.5. The number of nitrogens with one attached hydrogen (secondary N) is 2. The highest BCUT2D eigenvalue weighted by atomic mass is 19.1. The van der Waals surface area contributed by atoms with Crippen molar-refractivity contribution in [1.29, 1.82) is 0 Å². The number of hydrogen-bond acceptors (Lipinski definition) is 4. The number of H-pyrrole nitrogens is 1. The lowest BCUT2D eigenvalue weighted by atomic mass is 10.1. The quantitative estimate of drug-likeness (QED) is 0.416. The normalized spacial score (nSPS) is 16.2.